The molecule has 6 nitrogen and oxygen atoms in total. The number of methoxy groups -OCH3 is 1. The molecule has 0 spiro atoms. The van der Waals surface area contributed by atoms with Crippen molar-refractivity contribution < 1.29 is 14.6 Å². The summed E-state index contributed by atoms with van der Waals surface area (Å²) >= 11 is 0. The third-order valence-corrected chi connectivity index (χ3v) is 6.23. The van der Waals surface area contributed by atoms with Crippen LogP contribution in [0.15, 0.2) is 66.9 Å². The number of fused-ring (bicyclic) bond motifs is 1. The number of hydrogen-bond donors (Lipinski definition) is 3. The number of H-pyrrole nitrogens is 1. The first-order chi connectivity index (χ1) is 16.1. The number of phenolic OH excluding ortho intramolecular Hbond substituents is 1. The maximum absolute atomic E-state index is 12.1. The van der Waals surface area contributed by atoms with Gasteiger partial charge in [-0.3, -0.25) is 4.79 Å². The van der Waals surface area contributed by atoms with E-state index >= 15 is 0 Å². The molecule has 4 rings (SSSR count). The number of para-hydroxylation sites is 1. The summed E-state index contributed by atoms with van der Waals surface area (Å²) in [5, 5.41) is 14.1. The zero-order chi connectivity index (χ0) is 23.0. The lowest BCUT2D eigenvalue weighted by atomic mass is 9.89. The second-order valence-corrected chi connectivity index (χ2v) is 8.35. The van der Waals surface area contributed by atoms with E-state index in [1.807, 2.05) is 12.1 Å². The molecule has 6 heteroatoms. The normalized spacial score (nSPS) is 15.5. The van der Waals surface area contributed by atoms with Crippen LogP contribution in [0, 0.1) is 0 Å². The average Bonchev–Trinajstić information content (AvgIpc) is 3.27. The number of likely N-dealkylation sites (tertiary alicyclic amines) is 1. The highest BCUT2D eigenvalue weighted by Gasteiger charge is 2.22. The van der Waals surface area contributed by atoms with Gasteiger partial charge in [-0.05, 0) is 61.2 Å². The fraction of sp³-hybridized carbons (Fsp3) is 0.296. The first-order valence-corrected chi connectivity index (χ1v) is 11.4. The number of nitrogens with zero attached hydrogens (tertiary/aromatic N) is 1. The number of ether oxygens (including phenoxy) is 1. The van der Waals surface area contributed by atoms with E-state index in [0.717, 1.165) is 38.0 Å². The molecule has 2 heterocycles. The van der Waals surface area contributed by atoms with Gasteiger partial charge >= 0.3 is 0 Å². The van der Waals surface area contributed by atoms with Gasteiger partial charge in [0.1, 0.15) is 0 Å². The number of hydrogen-bond acceptors (Lipinski definition) is 4. The number of rotatable bonds is 8. The summed E-state index contributed by atoms with van der Waals surface area (Å²) < 4.78 is 5.03. The molecule has 2 aromatic carbocycles. The van der Waals surface area contributed by atoms with Crippen molar-refractivity contribution in [2.24, 2.45) is 0 Å². The highest BCUT2D eigenvalue weighted by molar-refractivity contribution is 5.87. The Morgan fingerprint density at radius 3 is 2.82 bits per heavy atom. The zero-order valence-corrected chi connectivity index (χ0v) is 19.0. The highest BCUT2D eigenvalue weighted by atomic mass is 16.5. The summed E-state index contributed by atoms with van der Waals surface area (Å²) in [7, 11) is 1.51. The molecule has 1 fully saturated rings. The Balaban J connectivity index is 1.16. The quantitative estimate of drug-likeness (QED) is 0.354. The number of benzene rings is 2. The standard InChI is InChI=1S/C27H31N3O3/c1-33-26-11-10-20(18-25(26)31)6-2-5-9-27(32)28-14-17-30-15-12-21(13-16-30)23-19-29-24-8-4-3-7-22(23)24/h2-11,18-19,21,29,31H,12-17H2,1H3,(H,28,32)/b6-2+,9-5+. The topological polar surface area (TPSA) is 77.6 Å². The number of aromatic amines is 1. The first kappa shape index (κ1) is 22.7. The molecule has 172 valence electrons. The fourth-order valence-corrected chi connectivity index (χ4v) is 4.42. The van der Waals surface area contributed by atoms with Gasteiger partial charge < -0.3 is 25.0 Å². The minimum atomic E-state index is -0.106. The van der Waals surface area contributed by atoms with E-state index in [1.165, 1.54) is 29.7 Å². The van der Waals surface area contributed by atoms with Crippen molar-refractivity contribution in [2.45, 2.75) is 18.8 Å². The number of carbonyl (C=O) groups excluding carboxylic acids is 1. The van der Waals surface area contributed by atoms with E-state index in [4.69, 9.17) is 4.74 Å². The molecule has 33 heavy (non-hydrogen) atoms. The fourth-order valence-electron chi connectivity index (χ4n) is 4.42. The van der Waals surface area contributed by atoms with Crippen LogP contribution >= 0.6 is 0 Å². The number of amides is 1. The molecule has 3 aromatic rings. The number of aromatic hydroxyl groups is 1. The molecule has 0 aliphatic carbocycles. The minimum Gasteiger partial charge on any atom is -0.504 e. The molecule has 0 atom stereocenters. The van der Waals surface area contributed by atoms with E-state index in [0.29, 0.717) is 18.2 Å². The summed E-state index contributed by atoms with van der Waals surface area (Å²) in [6.45, 7) is 3.60. The molecule has 3 N–H and O–H groups in total. The molecule has 1 aromatic heterocycles. The van der Waals surface area contributed by atoms with Crippen molar-refractivity contribution in [3.05, 3.63) is 78.0 Å². The molecular formula is C27H31N3O3. The van der Waals surface area contributed by atoms with Crippen LogP contribution in [0.3, 0.4) is 0 Å². The van der Waals surface area contributed by atoms with E-state index < -0.39 is 0 Å². The lowest BCUT2D eigenvalue weighted by Gasteiger charge is -2.31. The van der Waals surface area contributed by atoms with E-state index in [1.54, 1.807) is 24.3 Å². The van der Waals surface area contributed by atoms with Crippen LogP contribution in [-0.4, -0.2) is 54.2 Å². The largest absolute Gasteiger partial charge is 0.504 e. The van der Waals surface area contributed by atoms with Crippen LogP contribution in [0.25, 0.3) is 17.0 Å². The maximum Gasteiger partial charge on any atom is 0.244 e. The van der Waals surface area contributed by atoms with Crippen LogP contribution in [-0.2, 0) is 4.79 Å². The monoisotopic (exact) mass is 445 g/mol. The molecule has 1 aliphatic rings. The average molecular weight is 446 g/mol. The highest BCUT2D eigenvalue weighted by Crippen LogP contribution is 2.33. The van der Waals surface area contributed by atoms with Crippen molar-refractivity contribution in [1.82, 2.24) is 15.2 Å². The van der Waals surface area contributed by atoms with Gasteiger partial charge in [0.05, 0.1) is 7.11 Å². The Labute approximate surface area is 194 Å². The van der Waals surface area contributed by atoms with Crippen molar-refractivity contribution >= 4 is 22.9 Å². The van der Waals surface area contributed by atoms with Crippen molar-refractivity contribution in [1.29, 1.82) is 0 Å². The van der Waals surface area contributed by atoms with Gasteiger partial charge in [-0.2, -0.15) is 0 Å². The van der Waals surface area contributed by atoms with Gasteiger partial charge in [0, 0.05) is 36.3 Å². The van der Waals surface area contributed by atoms with E-state index in [-0.39, 0.29) is 11.7 Å². The number of aromatic nitrogens is 1. The Morgan fingerprint density at radius 2 is 2.03 bits per heavy atom. The zero-order valence-electron chi connectivity index (χ0n) is 19.0. The summed E-state index contributed by atoms with van der Waals surface area (Å²) in [6, 6.07) is 13.7. The number of nitrogens with one attached hydrogen (secondary N) is 2. The van der Waals surface area contributed by atoms with Crippen LogP contribution in [0.4, 0.5) is 0 Å². The third kappa shape index (κ3) is 5.84. The Morgan fingerprint density at radius 1 is 1.21 bits per heavy atom. The molecule has 0 bridgehead atoms. The van der Waals surface area contributed by atoms with Gasteiger partial charge in [0.15, 0.2) is 11.5 Å². The summed E-state index contributed by atoms with van der Waals surface area (Å²) in [5.41, 5.74) is 3.47. The van der Waals surface area contributed by atoms with Crippen LogP contribution in [0.2, 0.25) is 0 Å². The Hall–Kier alpha value is -3.51. The van der Waals surface area contributed by atoms with Gasteiger partial charge in [-0.25, -0.2) is 0 Å². The predicted molar refractivity (Wildman–Crippen MR) is 133 cm³/mol. The molecule has 1 aliphatic heterocycles. The SMILES string of the molecule is COc1ccc(/C=C/C=C/C(=O)NCCN2CCC(c3c[nH]c4ccccc34)CC2)cc1O. The number of phenols is 1. The Kier molecular flexibility index (Phi) is 7.47. The van der Waals surface area contributed by atoms with E-state index in [2.05, 4.69) is 45.7 Å². The summed E-state index contributed by atoms with van der Waals surface area (Å²) in [4.78, 5) is 17.9. The van der Waals surface area contributed by atoms with Crippen LogP contribution in [0.1, 0.15) is 29.9 Å². The number of carbonyl (C=O) groups is 1. The molecular weight excluding hydrogens is 414 g/mol. The summed E-state index contributed by atoms with van der Waals surface area (Å²) in [6.07, 6.45) is 11.3. The second-order valence-electron chi connectivity index (χ2n) is 8.35. The third-order valence-electron chi connectivity index (χ3n) is 6.23. The van der Waals surface area contributed by atoms with Crippen molar-refractivity contribution in [2.75, 3.05) is 33.3 Å². The molecule has 0 saturated carbocycles. The molecule has 1 amide bonds. The maximum atomic E-state index is 12.1. The smallest absolute Gasteiger partial charge is 0.244 e. The molecule has 0 radical (unpaired) electrons. The molecule has 0 unspecified atom stereocenters. The van der Waals surface area contributed by atoms with Gasteiger partial charge in [-0.15, -0.1) is 0 Å². The van der Waals surface area contributed by atoms with Gasteiger partial charge in [-0.1, -0.05) is 42.5 Å². The number of piperidine rings is 1. The lowest BCUT2D eigenvalue weighted by Crippen LogP contribution is -2.38. The Bertz CT molecular complexity index is 1140. The lowest BCUT2D eigenvalue weighted by molar-refractivity contribution is -0.116. The molecule has 1 saturated heterocycles. The van der Waals surface area contributed by atoms with Gasteiger partial charge in [0.2, 0.25) is 5.91 Å². The summed E-state index contributed by atoms with van der Waals surface area (Å²) in [5.74, 6) is 1.01. The van der Waals surface area contributed by atoms with Crippen molar-refractivity contribution in [3.8, 4) is 11.5 Å². The predicted octanol–water partition coefficient (Wildman–Crippen LogP) is 4.45. The van der Waals surface area contributed by atoms with E-state index in [9.17, 15) is 9.90 Å². The van der Waals surface area contributed by atoms with Gasteiger partial charge in [0.25, 0.3) is 0 Å². The van der Waals surface area contributed by atoms with Crippen LogP contribution < -0.4 is 10.1 Å². The van der Waals surface area contributed by atoms with Crippen molar-refractivity contribution in [3.63, 3.8) is 0 Å². The second kappa shape index (κ2) is 10.9. The minimum absolute atomic E-state index is 0.0897. The number of allylic oxidation sites excluding steroid dienone is 2. The van der Waals surface area contributed by atoms with Crippen LogP contribution in [0.5, 0.6) is 11.5 Å². The first-order valence-electron chi connectivity index (χ1n) is 11.4.